The van der Waals surface area contributed by atoms with Gasteiger partial charge in [0.25, 0.3) is 0 Å². The molecule has 5 nitrogen and oxygen atoms in total. The number of esters is 1. The van der Waals surface area contributed by atoms with Crippen molar-refractivity contribution in [1.82, 2.24) is 0 Å². The molecule has 26 heavy (non-hydrogen) atoms. The van der Waals surface area contributed by atoms with Crippen LogP contribution in [0, 0.1) is 23.2 Å². The molecule has 0 bridgehead atoms. The van der Waals surface area contributed by atoms with Crippen LogP contribution < -0.4 is 4.74 Å². The first-order chi connectivity index (χ1) is 12.2. The number of Topliss-reactive ketones (excluding diaryl/α,β-unsaturated/α-hetero) is 1. The molecule has 0 saturated heterocycles. The van der Waals surface area contributed by atoms with Crippen LogP contribution in [0.4, 0.5) is 0 Å². The van der Waals surface area contributed by atoms with E-state index in [9.17, 15) is 19.8 Å². The summed E-state index contributed by atoms with van der Waals surface area (Å²) in [4.78, 5) is 23.7. The molecule has 1 aromatic rings. The van der Waals surface area contributed by atoms with Crippen LogP contribution in [0.3, 0.4) is 0 Å². The Morgan fingerprint density at radius 1 is 1.35 bits per heavy atom. The largest absolute Gasteiger partial charge is 0.427 e. The van der Waals surface area contributed by atoms with E-state index in [4.69, 9.17) is 4.74 Å². The van der Waals surface area contributed by atoms with E-state index in [2.05, 4.69) is 6.92 Å². The van der Waals surface area contributed by atoms with E-state index in [0.29, 0.717) is 24.2 Å². The number of carbonyl (C=O) groups is 2. The third kappa shape index (κ3) is 2.23. The van der Waals surface area contributed by atoms with Crippen molar-refractivity contribution in [2.45, 2.75) is 58.2 Å². The zero-order valence-corrected chi connectivity index (χ0v) is 15.5. The van der Waals surface area contributed by atoms with Crippen LogP contribution in [0.1, 0.15) is 51.2 Å². The van der Waals surface area contributed by atoms with Crippen molar-refractivity contribution in [1.29, 1.82) is 0 Å². The van der Waals surface area contributed by atoms with Gasteiger partial charge in [-0.05, 0) is 54.4 Å². The van der Waals surface area contributed by atoms with E-state index in [1.165, 1.54) is 6.92 Å². The summed E-state index contributed by atoms with van der Waals surface area (Å²) < 4.78 is 5.18. The van der Waals surface area contributed by atoms with Crippen LogP contribution in [-0.2, 0) is 21.6 Å². The molecular formula is C21H26O5. The van der Waals surface area contributed by atoms with Gasteiger partial charge in [-0.15, -0.1) is 0 Å². The highest BCUT2D eigenvalue weighted by atomic mass is 16.5. The normalized spacial score (nSPS) is 41.2. The Morgan fingerprint density at radius 2 is 2.08 bits per heavy atom. The molecule has 4 rings (SSSR count). The number of benzene rings is 1. The lowest BCUT2D eigenvalue weighted by atomic mass is 9.50. The Bertz CT molecular complexity index is 787. The second-order valence-electron chi connectivity index (χ2n) is 8.65. The van der Waals surface area contributed by atoms with Gasteiger partial charge in [-0.3, -0.25) is 9.59 Å². The summed E-state index contributed by atoms with van der Waals surface area (Å²) >= 11 is 0. The Morgan fingerprint density at radius 3 is 2.77 bits per heavy atom. The average molecular weight is 358 g/mol. The van der Waals surface area contributed by atoms with Crippen molar-refractivity contribution < 1.29 is 24.5 Å². The number of aliphatic hydroxyl groups is 2. The number of fused-ring (bicyclic) bond motifs is 5. The highest BCUT2D eigenvalue weighted by Gasteiger charge is 2.65. The monoisotopic (exact) mass is 358 g/mol. The molecule has 2 saturated carbocycles. The number of aliphatic hydroxyl groups excluding tert-OH is 1. The number of hydrogen-bond acceptors (Lipinski definition) is 5. The molecule has 3 aliphatic carbocycles. The lowest BCUT2D eigenvalue weighted by Crippen LogP contribution is -2.62. The summed E-state index contributed by atoms with van der Waals surface area (Å²) in [5.41, 5.74) is -0.288. The zero-order chi connectivity index (χ0) is 18.9. The molecule has 0 unspecified atom stereocenters. The molecule has 0 aromatic heterocycles. The van der Waals surface area contributed by atoms with Gasteiger partial charge < -0.3 is 14.9 Å². The maximum atomic E-state index is 12.5. The van der Waals surface area contributed by atoms with Crippen LogP contribution in [0.15, 0.2) is 18.2 Å². The van der Waals surface area contributed by atoms with Crippen molar-refractivity contribution in [3.63, 3.8) is 0 Å². The Hall–Kier alpha value is -1.72. The minimum atomic E-state index is -1.36. The minimum Gasteiger partial charge on any atom is -0.427 e. The number of carbonyl (C=O) groups excluding carboxylic acids is 2. The van der Waals surface area contributed by atoms with Crippen molar-refractivity contribution in [2.24, 2.45) is 23.2 Å². The van der Waals surface area contributed by atoms with E-state index >= 15 is 0 Å². The maximum absolute atomic E-state index is 12.5. The maximum Gasteiger partial charge on any atom is 0.308 e. The van der Waals surface area contributed by atoms with Crippen LogP contribution >= 0.6 is 0 Å². The van der Waals surface area contributed by atoms with E-state index < -0.39 is 17.1 Å². The first-order valence-electron chi connectivity index (χ1n) is 9.43. The fourth-order valence-electron chi connectivity index (χ4n) is 6.05. The average Bonchev–Trinajstić information content (AvgIpc) is 2.82. The molecule has 6 atom stereocenters. The molecule has 0 radical (unpaired) electrons. The summed E-state index contributed by atoms with van der Waals surface area (Å²) in [5, 5.41) is 22.7. The summed E-state index contributed by atoms with van der Waals surface area (Å²) in [6.07, 6.45) is 1.34. The molecule has 5 heteroatoms. The topological polar surface area (TPSA) is 83.8 Å². The molecule has 1 aromatic carbocycles. The molecule has 0 amide bonds. The number of rotatable bonds is 1. The van der Waals surface area contributed by atoms with Gasteiger partial charge in [0.15, 0.2) is 0 Å². The number of ether oxygens (including phenoxy) is 1. The molecule has 0 heterocycles. The smallest absolute Gasteiger partial charge is 0.308 e. The van der Waals surface area contributed by atoms with E-state index in [0.717, 1.165) is 18.4 Å². The fourth-order valence-corrected chi connectivity index (χ4v) is 6.05. The van der Waals surface area contributed by atoms with Crippen LogP contribution in [0.25, 0.3) is 0 Å². The van der Waals surface area contributed by atoms with Gasteiger partial charge in [-0.1, -0.05) is 19.9 Å². The van der Waals surface area contributed by atoms with Crippen LogP contribution in [0.2, 0.25) is 0 Å². The standard InChI is InChI=1S/C21H26O5/c1-11-8-13-9-14(26-12(2)22)4-5-15(13)21(25)18(24)10-20(3)16(19(11)21)6-7-17(20)23/h4-5,9,11,16,18-19,24-25H,6-8,10H2,1-3H3/t11-,16+,18+,19+,20+,21-/m1/s1. The summed E-state index contributed by atoms with van der Waals surface area (Å²) in [6.45, 7) is 5.40. The van der Waals surface area contributed by atoms with Crippen molar-refractivity contribution >= 4 is 11.8 Å². The van der Waals surface area contributed by atoms with Crippen molar-refractivity contribution in [3.8, 4) is 5.75 Å². The van der Waals surface area contributed by atoms with Crippen LogP contribution in [-0.4, -0.2) is 28.1 Å². The van der Waals surface area contributed by atoms with E-state index in [1.807, 2.05) is 6.92 Å². The van der Waals surface area contributed by atoms with E-state index in [-0.39, 0.29) is 29.5 Å². The fraction of sp³-hybridized carbons (Fsp3) is 0.619. The SMILES string of the molecule is CC(=O)Oc1ccc2c(c1)C[C@@H](C)[C@H]1[C@@H]3CCC(=O)[C@@]3(C)C[C@H](O)[C@]21O. The quantitative estimate of drug-likeness (QED) is 0.595. The third-order valence-corrected chi connectivity index (χ3v) is 7.13. The van der Waals surface area contributed by atoms with E-state index in [1.54, 1.807) is 18.2 Å². The molecule has 2 N–H and O–H groups in total. The molecule has 3 aliphatic rings. The second-order valence-corrected chi connectivity index (χ2v) is 8.65. The van der Waals surface area contributed by atoms with Gasteiger partial charge in [0, 0.05) is 24.7 Å². The summed E-state index contributed by atoms with van der Waals surface area (Å²) in [6, 6.07) is 5.24. The highest BCUT2D eigenvalue weighted by Crippen LogP contribution is 2.62. The van der Waals surface area contributed by atoms with Gasteiger partial charge in [0.05, 0.1) is 6.10 Å². The summed E-state index contributed by atoms with van der Waals surface area (Å²) in [5.74, 6) is 0.326. The van der Waals surface area contributed by atoms with Gasteiger partial charge in [-0.2, -0.15) is 0 Å². The predicted octanol–water partition coefficient (Wildman–Crippen LogP) is 2.36. The van der Waals surface area contributed by atoms with Gasteiger partial charge in [0.1, 0.15) is 17.1 Å². The molecule has 2 fully saturated rings. The van der Waals surface area contributed by atoms with Crippen molar-refractivity contribution in [3.05, 3.63) is 29.3 Å². The predicted molar refractivity (Wildman–Crippen MR) is 94.5 cm³/mol. The van der Waals surface area contributed by atoms with Crippen molar-refractivity contribution in [2.75, 3.05) is 0 Å². The first-order valence-corrected chi connectivity index (χ1v) is 9.43. The van der Waals surface area contributed by atoms with Crippen LogP contribution in [0.5, 0.6) is 5.75 Å². The molecule has 140 valence electrons. The molecular weight excluding hydrogens is 332 g/mol. The summed E-state index contributed by atoms with van der Waals surface area (Å²) in [7, 11) is 0. The van der Waals surface area contributed by atoms with Gasteiger partial charge >= 0.3 is 5.97 Å². The van der Waals surface area contributed by atoms with Gasteiger partial charge in [-0.25, -0.2) is 0 Å². The molecule has 0 aliphatic heterocycles. The zero-order valence-electron chi connectivity index (χ0n) is 15.5. The minimum absolute atomic E-state index is 0.0831. The lowest BCUT2D eigenvalue weighted by molar-refractivity contribution is -0.208. The first kappa shape index (κ1) is 17.7. The lowest BCUT2D eigenvalue weighted by Gasteiger charge is -2.57. The number of hydrogen-bond donors (Lipinski definition) is 2. The second kappa shape index (κ2) is 5.64. The Balaban J connectivity index is 1.81. The highest BCUT2D eigenvalue weighted by molar-refractivity contribution is 5.87. The van der Waals surface area contributed by atoms with Gasteiger partial charge in [0.2, 0.25) is 0 Å². The Labute approximate surface area is 153 Å². The molecule has 0 spiro atoms. The number of ketones is 1. The Kier molecular flexibility index (Phi) is 3.83. The third-order valence-electron chi connectivity index (χ3n) is 7.13.